The fraction of sp³-hybridized carbons (Fsp3) is 0.294. The summed E-state index contributed by atoms with van der Waals surface area (Å²) >= 11 is 1.45. The van der Waals surface area contributed by atoms with E-state index in [9.17, 15) is 4.79 Å². The van der Waals surface area contributed by atoms with Crippen LogP contribution in [-0.2, 0) is 17.8 Å². The van der Waals surface area contributed by atoms with E-state index >= 15 is 0 Å². The van der Waals surface area contributed by atoms with Gasteiger partial charge in [-0.15, -0.1) is 0 Å². The standard InChI is InChI=1S/C17H20N2O2S/c1-13(22-16-4-2-3-10-18-16)17(21)19-11-9-14-5-7-15(12-20)8-6-14/h2-8,10,13,20H,9,11-12H2,1H3,(H,19,21). The van der Waals surface area contributed by atoms with Gasteiger partial charge in [0.05, 0.1) is 16.9 Å². The summed E-state index contributed by atoms with van der Waals surface area (Å²) in [6, 6.07) is 13.4. The SMILES string of the molecule is CC(Sc1ccccn1)C(=O)NCCc1ccc(CO)cc1. The van der Waals surface area contributed by atoms with Crippen LogP contribution in [0, 0.1) is 0 Å². The van der Waals surface area contributed by atoms with Crippen LogP contribution in [-0.4, -0.2) is 27.8 Å². The summed E-state index contributed by atoms with van der Waals surface area (Å²) in [5.74, 6) is 0.0163. The van der Waals surface area contributed by atoms with Gasteiger partial charge in [-0.25, -0.2) is 4.98 Å². The molecular weight excluding hydrogens is 296 g/mol. The highest BCUT2D eigenvalue weighted by Gasteiger charge is 2.14. The van der Waals surface area contributed by atoms with Crippen molar-refractivity contribution < 1.29 is 9.90 Å². The van der Waals surface area contributed by atoms with Gasteiger partial charge in [-0.2, -0.15) is 0 Å². The van der Waals surface area contributed by atoms with Crippen LogP contribution in [0.15, 0.2) is 53.7 Å². The van der Waals surface area contributed by atoms with Crippen molar-refractivity contribution in [2.75, 3.05) is 6.54 Å². The van der Waals surface area contributed by atoms with Crippen molar-refractivity contribution in [2.45, 2.75) is 30.2 Å². The topological polar surface area (TPSA) is 62.2 Å². The second-order valence-electron chi connectivity index (χ2n) is 4.94. The molecule has 116 valence electrons. The molecule has 0 aliphatic heterocycles. The average molecular weight is 316 g/mol. The predicted octanol–water partition coefficient (Wildman–Crippen LogP) is 2.41. The van der Waals surface area contributed by atoms with Crippen LogP contribution in [0.5, 0.6) is 0 Å². The van der Waals surface area contributed by atoms with E-state index in [4.69, 9.17) is 5.11 Å². The van der Waals surface area contributed by atoms with Gasteiger partial charge in [-0.1, -0.05) is 42.1 Å². The highest BCUT2D eigenvalue weighted by molar-refractivity contribution is 8.00. The third-order valence-electron chi connectivity index (χ3n) is 3.22. The number of benzene rings is 1. The van der Waals surface area contributed by atoms with Gasteiger partial charge in [0.25, 0.3) is 0 Å². The van der Waals surface area contributed by atoms with Gasteiger partial charge >= 0.3 is 0 Å². The summed E-state index contributed by atoms with van der Waals surface area (Å²) in [4.78, 5) is 16.3. The van der Waals surface area contributed by atoms with Crippen molar-refractivity contribution in [2.24, 2.45) is 0 Å². The molecule has 1 unspecified atom stereocenters. The van der Waals surface area contributed by atoms with Crippen LogP contribution in [0.2, 0.25) is 0 Å². The van der Waals surface area contributed by atoms with E-state index in [1.165, 1.54) is 11.8 Å². The number of thioether (sulfide) groups is 1. The monoisotopic (exact) mass is 316 g/mol. The van der Waals surface area contributed by atoms with Gasteiger partial charge in [0.1, 0.15) is 0 Å². The maximum atomic E-state index is 12.0. The molecule has 1 amide bonds. The quantitative estimate of drug-likeness (QED) is 0.770. The third-order valence-corrected chi connectivity index (χ3v) is 4.27. The molecule has 22 heavy (non-hydrogen) atoms. The first kappa shape index (κ1) is 16.5. The summed E-state index contributed by atoms with van der Waals surface area (Å²) in [6.45, 7) is 2.54. The molecule has 1 heterocycles. The van der Waals surface area contributed by atoms with Crippen molar-refractivity contribution in [3.05, 3.63) is 59.8 Å². The number of carbonyl (C=O) groups is 1. The lowest BCUT2D eigenvalue weighted by molar-refractivity contribution is -0.120. The molecule has 5 heteroatoms. The molecule has 2 rings (SSSR count). The lowest BCUT2D eigenvalue weighted by Crippen LogP contribution is -2.32. The highest BCUT2D eigenvalue weighted by atomic mass is 32.2. The molecule has 0 saturated heterocycles. The molecule has 1 aromatic carbocycles. The van der Waals surface area contributed by atoms with Crippen LogP contribution >= 0.6 is 11.8 Å². The van der Waals surface area contributed by atoms with Gasteiger partial charge in [-0.3, -0.25) is 4.79 Å². The molecule has 0 radical (unpaired) electrons. The van der Waals surface area contributed by atoms with Crippen LogP contribution < -0.4 is 5.32 Å². The van der Waals surface area contributed by atoms with Crippen LogP contribution in [0.1, 0.15) is 18.1 Å². The first-order chi connectivity index (χ1) is 10.7. The minimum absolute atomic E-state index is 0.0163. The zero-order chi connectivity index (χ0) is 15.8. The smallest absolute Gasteiger partial charge is 0.233 e. The third kappa shape index (κ3) is 5.16. The Morgan fingerprint density at radius 1 is 1.23 bits per heavy atom. The van der Waals surface area contributed by atoms with Gasteiger partial charge in [-0.05, 0) is 36.6 Å². The second kappa shape index (κ2) is 8.56. The Labute approximate surface area is 135 Å². The Morgan fingerprint density at radius 2 is 1.95 bits per heavy atom. The van der Waals surface area contributed by atoms with E-state index < -0.39 is 0 Å². The van der Waals surface area contributed by atoms with Crippen LogP contribution in [0.4, 0.5) is 0 Å². The molecule has 2 N–H and O–H groups in total. The Kier molecular flexibility index (Phi) is 6.43. The van der Waals surface area contributed by atoms with Gasteiger partial charge in [0, 0.05) is 12.7 Å². The minimum Gasteiger partial charge on any atom is -0.392 e. The molecular formula is C17H20N2O2S. The van der Waals surface area contributed by atoms with E-state index in [0.717, 1.165) is 22.6 Å². The fourth-order valence-corrected chi connectivity index (χ4v) is 2.77. The maximum absolute atomic E-state index is 12.0. The summed E-state index contributed by atoms with van der Waals surface area (Å²) in [6.07, 6.45) is 2.50. The molecule has 2 aromatic rings. The van der Waals surface area contributed by atoms with Gasteiger partial charge < -0.3 is 10.4 Å². The van der Waals surface area contributed by atoms with Gasteiger partial charge in [0.2, 0.25) is 5.91 Å². The van der Waals surface area contributed by atoms with Crippen molar-refractivity contribution in [1.29, 1.82) is 0 Å². The Balaban J connectivity index is 1.74. The number of nitrogens with zero attached hydrogens (tertiary/aromatic N) is 1. The highest BCUT2D eigenvalue weighted by Crippen LogP contribution is 2.20. The van der Waals surface area contributed by atoms with Gasteiger partial charge in [0.15, 0.2) is 0 Å². The zero-order valence-corrected chi connectivity index (χ0v) is 13.3. The lowest BCUT2D eigenvalue weighted by atomic mass is 10.1. The number of hydrogen-bond acceptors (Lipinski definition) is 4. The Hall–Kier alpha value is -1.85. The summed E-state index contributed by atoms with van der Waals surface area (Å²) in [7, 11) is 0. The minimum atomic E-state index is -0.174. The predicted molar refractivity (Wildman–Crippen MR) is 88.6 cm³/mol. The largest absolute Gasteiger partial charge is 0.392 e. The van der Waals surface area contributed by atoms with Crippen molar-refractivity contribution >= 4 is 17.7 Å². The fourth-order valence-electron chi connectivity index (χ4n) is 1.94. The number of aromatic nitrogens is 1. The number of amides is 1. The van der Waals surface area contributed by atoms with Crippen LogP contribution in [0.3, 0.4) is 0 Å². The summed E-state index contributed by atoms with van der Waals surface area (Å²) < 4.78 is 0. The van der Waals surface area contributed by atoms with Crippen molar-refractivity contribution in [3.8, 4) is 0 Å². The molecule has 4 nitrogen and oxygen atoms in total. The van der Waals surface area contributed by atoms with E-state index in [2.05, 4.69) is 10.3 Å². The number of hydrogen-bond donors (Lipinski definition) is 2. The summed E-state index contributed by atoms with van der Waals surface area (Å²) in [5, 5.41) is 12.6. The molecule has 0 aliphatic carbocycles. The number of carbonyl (C=O) groups excluding carboxylic acids is 1. The normalized spacial score (nSPS) is 11.9. The average Bonchev–Trinajstić information content (AvgIpc) is 2.56. The van der Waals surface area contributed by atoms with Crippen molar-refractivity contribution in [1.82, 2.24) is 10.3 Å². The second-order valence-corrected chi connectivity index (χ2v) is 6.30. The Morgan fingerprint density at radius 3 is 2.59 bits per heavy atom. The van der Waals surface area contributed by atoms with E-state index in [1.54, 1.807) is 6.20 Å². The number of rotatable bonds is 7. The molecule has 0 fully saturated rings. The number of pyridine rings is 1. The first-order valence-corrected chi connectivity index (χ1v) is 8.11. The lowest BCUT2D eigenvalue weighted by Gasteiger charge is -2.11. The summed E-state index contributed by atoms with van der Waals surface area (Å²) in [5.41, 5.74) is 2.04. The van der Waals surface area contributed by atoms with E-state index in [-0.39, 0.29) is 17.8 Å². The number of aliphatic hydroxyl groups is 1. The molecule has 0 saturated carbocycles. The van der Waals surface area contributed by atoms with E-state index in [0.29, 0.717) is 6.54 Å². The molecule has 0 spiro atoms. The molecule has 1 atom stereocenters. The Bertz CT molecular complexity index is 587. The zero-order valence-electron chi connectivity index (χ0n) is 12.5. The number of aliphatic hydroxyl groups excluding tert-OH is 1. The van der Waals surface area contributed by atoms with E-state index in [1.807, 2.05) is 49.4 Å². The number of nitrogens with one attached hydrogen (secondary N) is 1. The molecule has 0 bridgehead atoms. The molecule has 0 aliphatic rings. The maximum Gasteiger partial charge on any atom is 0.233 e. The van der Waals surface area contributed by atoms with Crippen molar-refractivity contribution in [3.63, 3.8) is 0 Å². The molecule has 1 aromatic heterocycles. The van der Waals surface area contributed by atoms with Crippen LogP contribution in [0.25, 0.3) is 0 Å². The first-order valence-electron chi connectivity index (χ1n) is 7.23.